The number of nitrogens with zero attached hydrogens (tertiary/aromatic N) is 1. The molecule has 0 aromatic heterocycles. The second-order valence-corrected chi connectivity index (χ2v) is 5.16. The van der Waals surface area contributed by atoms with Crippen LogP contribution in [0.3, 0.4) is 0 Å². The first kappa shape index (κ1) is 12.1. The molecule has 88 valence electrons. The first-order chi connectivity index (χ1) is 8.09. The highest BCUT2D eigenvalue weighted by Gasteiger charge is 2.05. The van der Waals surface area contributed by atoms with Crippen molar-refractivity contribution in [1.82, 2.24) is 0 Å². The van der Waals surface area contributed by atoms with Gasteiger partial charge in [0.05, 0.1) is 5.69 Å². The maximum absolute atomic E-state index is 5.92. The van der Waals surface area contributed by atoms with Gasteiger partial charge in [-0.05, 0) is 17.5 Å². The van der Waals surface area contributed by atoms with E-state index in [1.54, 1.807) is 0 Å². The van der Waals surface area contributed by atoms with Gasteiger partial charge in [0.25, 0.3) is 0 Å². The average molecular weight is 291 g/mol. The van der Waals surface area contributed by atoms with E-state index in [-0.39, 0.29) is 5.92 Å². The molecule has 2 aromatic carbocycles. The number of rotatable bonds is 2. The second kappa shape index (κ2) is 4.88. The lowest BCUT2D eigenvalue weighted by atomic mass is 10.1. The summed E-state index contributed by atoms with van der Waals surface area (Å²) in [5, 5.41) is 2.27. The van der Waals surface area contributed by atoms with Gasteiger partial charge < -0.3 is 5.73 Å². The SMILES string of the molecule is CC(C)C(N)=Nc1ccc(Br)c2ccccc12. The zero-order valence-corrected chi connectivity index (χ0v) is 11.5. The number of nitrogens with two attached hydrogens (primary N) is 1. The zero-order chi connectivity index (χ0) is 12.4. The molecule has 0 atom stereocenters. The molecule has 2 aromatic rings. The lowest BCUT2D eigenvalue weighted by Gasteiger charge is -2.07. The first-order valence-corrected chi connectivity index (χ1v) is 6.40. The third-order valence-electron chi connectivity index (χ3n) is 2.69. The fraction of sp³-hybridized carbons (Fsp3) is 0.214. The predicted molar refractivity (Wildman–Crippen MR) is 77.8 cm³/mol. The van der Waals surface area contributed by atoms with E-state index in [9.17, 15) is 0 Å². The van der Waals surface area contributed by atoms with Crippen LogP contribution in [0.5, 0.6) is 0 Å². The summed E-state index contributed by atoms with van der Waals surface area (Å²) in [5.74, 6) is 0.926. The normalized spacial score (nSPS) is 12.4. The molecule has 0 aliphatic carbocycles. The van der Waals surface area contributed by atoms with E-state index in [1.807, 2.05) is 38.1 Å². The van der Waals surface area contributed by atoms with Gasteiger partial charge in [-0.2, -0.15) is 0 Å². The summed E-state index contributed by atoms with van der Waals surface area (Å²) >= 11 is 3.55. The van der Waals surface area contributed by atoms with Gasteiger partial charge in [0, 0.05) is 15.8 Å². The fourth-order valence-corrected chi connectivity index (χ4v) is 2.09. The molecule has 0 unspecified atom stereocenters. The summed E-state index contributed by atoms with van der Waals surface area (Å²) in [7, 11) is 0. The van der Waals surface area contributed by atoms with Gasteiger partial charge in [-0.1, -0.05) is 54.0 Å². The quantitative estimate of drug-likeness (QED) is 0.652. The van der Waals surface area contributed by atoms with E-state index < -0.39 is 0 Å². The van der Waals surface area contributed by atoms with Crippen LogP contribution in [-0.4, -0.2) is 5.84 Å². The average Bonchev–Trinajstić information content (AvgIpc) is 2.33. The van der Waals surface area contributed by atoms with Crippen molar-refractivity contribution in [2.45, 2.75) is 13.8 Å². The van der Waals surface area contributed by atoms with E-state index in [1.165, 1.54) is 0 Å². The van der Waals surface area contributed by atoms with Crippen molar-refractivity contribution in [3.8, 4) is 0 Å². The van der Waals surface area contributed by atoms with E-state index in [0.29, 0.717) is 5.84 Å². The van der Waals surface area contributed by atoms with Crippen LogP contribution in [0, 0.1) is 5.92 Å². The molecule has 0 radical (unpaired) electrons. The third kappa shape index (κ3) is 2.50. The number of benzene rings is 2. The maximum atomic E-state index is 5.92. The monoisotopic (exact) mass is 290 g/mol. The van der Waals surface area contributed by atoms with Crippen LogP contribution in [0.4, 0.5) is 5.69 Å². The summed E-state index contributed by atoms with van der Waals surface area (Å²) in [4.78, 5) is 4.50. The van der Waals surface area contributed by atoms with Crippen LogP contribution in [-0.2, 0) is 0 Å². The molecule has 0 saturated carbocycles. The summed E-state index contributed by atoms with van der Waals surface area (Å²) < 4.78 is 1.08. The van der Waals surface area contributed by atoms with Crippen molar-refractivity contribution < 1.29 is 0 Å². The van der Waals surface area contributed by atoms with Crippen molar-refractivity contribution in [2.24, 2.45) is 16.6 Å². The van der Waals surface area contributed by atoms with Crippen LogP contribution >= 0.6 is 15.9 Å². The molecular weight excluding hydrogens is 276 g/mol. The van der Waals surface area contributed by atoms with Crippen molar-refractivity contribution in [1.29, 1.82) is 0 Å². The topological polar surface area (TPSA) is 38.4 Å². The van der Waals surface area contributed by atoms with Crippen LogP contribution in [0.2, 0.25) is 0 Å². The Balaban J connectivity index is 2.64. The van der Waals surface area contributed by atoms with Crippen LogP contribution in [0.15, 0.2) is 45.9 Å². The van der Waals surface area contributed by atoms with Gasteiger partial charge in [-0.3, -0.25) is 0 Å². The highest BCUT2D eigenvalue weighted by Crippen LogP contribution is 2.31. The van der Waals surface area contributed by atoms with Gasteiger partial charge in [-0.25, -0.2) is 4.99 Å². The van der Waals surface area contributed by atoms with Gasteiger partial charge in [0.15, 0.2) is 0 Å². The fourth-order valence-electron chi connectivity index (χ4n) is 1.61. The van der Waals surface area contributed by atoms with Crippen LogP contribution in [0.25, 0.3) is 10.8 Å². The van der Waals surface area contributed by atoms with Gasteiger partial charge in [0.2, 0.25) is 0 Å². The summed E-state index contributed by atoms with van der Waals surface area (Å²) in [5.41, 5.74) is 6.84. The molecule has 3 heteroatoms. The zero-order valence-electron chi connectivity index (χ0n) is 9.94. The lowest BCUT2D eigenvalue weighted by Crippen LogP contribution is -2.18. The van der Waals surface area contributed by atoms with E-state index >= 15 is 0 Å². The Morgan fingerprint density at radius 1 is 1.12 bits per heavy atom. The molecule has 2 N–H and O–H groups in total. The Morgan fingerprint density at radius 3 is 2.41 bits per heavy atom. The minimum absolute atomic E-state index is 0.261. The Kier molecular flexibility index (Phi) is 3.48. The second-order valence-electron chi connectivity index (χ2n) is 4.30. The van der Waals surface area contributed by atoms with Crippen molar-refractivity contribution >= 4 is 38.2 Å². The number of aliphatic imine (C=N–C) groups is 1. The molecule has 17 heavy (non-hydrogen) atoms. The lowest BCUT2D eigenvalue weighted by molar-refractivity contribution is 0.873. The molecule has 2 nitrogen and oxygen atoms in total. The Hall–Kier alpha value is -1.35. The summed E-state index contributed by atoms with van der Waals surface area (Å²) in [6.45, 7) is 4.08. The number of halogens is 1. The number of hydrogen-bond donors (Lipinski definition) is 1. The van der Waals surface area contributed by atoms with Crippen LogP contribution < -0.4 is 5.73 Å². The molecule has 0 saturated heterocycles. The molecule has 0 heterocycles. The highest BCUT2D eigenvalue weighted by molar-refractivity contribution is 9.10. The Morgan fingerprint density at radius 2 is 1.76 bits per heavy atom. The molecule has 0 aliphatic rings. The summed E-state index contributed by atoms with van der Waals surface area (Å²) in [6, 6.07) is 12.2. The van der Waals surface area contributed by atoms with E-state index in [4.69, 9.17) is 5.73 Å². The standard InChI is InChI=1S/C14H15BrN2/c1-9(2)14(16)17-13-8-7-12(15)10-5-3-4-6-11(10)13/h3-9H,1-2H3,(H2,16,17). The van der Waals surface area contributed by atoms with Gasteiger partial charge >= 0.3 is 0 Å². The van der Waals surface area contributed by atoms with E-state index in [0.717, 1.165) is 20.9 Å². The van der Waals surface area contributed by atoms with Crippen molar-refractivity contribution in [3.05, 3.63) is 40.9 Å². The molecule has 0 bridgehead atoms. The molecular formula is C14H15BrN2. The van der Waals surface area contributed by atoms with Crippen molar-refractivity contribution in [3.63, 3.8) is 0 Å². The van der Waals surface area contributed by atoms with Gasteiger partial charge in [0.1, 0.15) is 5.84 Å². The predicted octanol–water partition coefficient (Wildman–Crippen LogP) is 4.25. The van der Waals surface area contributed by atoms with Gasteiger partial charge in [-0.15, -0.1) is 0 Å². The van der Waals surface area contributed by atoms with Crippen LogP contribution in [0.1, 0.15) is 13.8 Å². The largest absolute Gasteiger partial charge is 0.387 e. The number of hydrogen-bond acceptors (Lipinski definition) is 1. The minimum atomic E-state index is 0.261. The smallest absolute Gasteiger partial charge is 0.102 e. The van der Waals surface area contributed by atoms with Crippen molar-refractivity contribution in [2.75, 3.05) is 0 Å². The third-order valence-corrected chi connectivity index (χ3v) is 3.38. The molecule has 2 rings (SSSR count). The minimum Gasteiger partial charge on any atom is -0.387 e. The van der Waals surface area contributed by atoms with E-state index in [2.05, 4.69) is 33.1 Å². The molecule has 0 fully saturated rings. The Bertz CT molecular complexity index is 573. The summed E-state index contributed by atoms with van der Waals surface area (Å²) in [6.07, 6.45) is 0. The molecule has 0 amide bonds. The molecule has 0 aliphatic heterocycles. The Labute approximate surface area is 110 Å². The maximum Gasteiger partial charge on any atom is 0.102 e. The highest BCUT2D eigenvalue weighted by atomic mass is 79.9. The number of amidine groups is 1. The molecule has 0 spiro atoms. The number of fused-ring (bicyclic) bond motifs is 1. The first-order valence-electron chi connectivity index (χ1n) is 5.61.